The average molecular weight is 262 g/mol. The monoisotopic (exact) mass is 262 g/mol. The summed E-state index contributed by atoms with van der Waals surface area (Å²) in [6.45, 7) is 0. The van der Waals surface area contributed by atoms with Gasteiger partial charge in [-0.15, -0.1) is 0 Å². The van der Waals surface area contributed by atoms with Crippen molar-refractivity contribution in [3.63, 3.8) is 0 Å². The average Bonchev–Trinajstić information content (AvgIpc) is 2.33. The molecule has 0 saturated heterocycles. The number of carbonyl (C=O) groups excluding carboxylic acids is 1. The Morgan fingerprint density at radius 3 is 2.26 bits per heavy atom. The fraction of sp³-hybridized carbons (Fsp3) is 0.333. The van der Waals surface area contributed by atoms with Gasteiger partial charge >= 0.3 is 0 Å². The van der Waals surface area contributed by atoms with Crippen LogP contribution >= 0.6 is 0 Å². The van der Waals surface area contributed by atoms with Crippen LogP contribution in [0.25, 0.3) is 0 Å². The highest BCUT2D eigenvalue weighted by Crippen LogP contribution is 2.25. The van der Waals surface area contributed by atoms with Gasteiger partial charge in [0.25, 0.3) is 5.91 Å². The molecule has 1 rings (SSSR count). The lowest BCUT2D eigenvalue weighted by Crippen LogP contribution is -2.13. The highest BCUT2D eigenvalue weighted by Gasteiger charge is 2.07. The van der Waals surface area contributed by atoms with Crippen LogP contribution in [-0.2, 0) is 0 Å². The minimum absolute atomic E-state index is 0.162. The Kier molecular flexibility index (Phi) is 4.99. The number of carbonyl (C=O) groups is 1. The minimum Gasteiger partial charge on any atom is -0.369 e. The predicted octanol–water partition coefficient (Wildman–Crippen LogP) is 0.623. The predicted molar refractivity (Wildman–Crippen MR) is 76.4 cm³/mol. The van der Waals surface area contributed by atoms with Crippen LogP contribution in [0.3, 0.4) is 0 Å². The summed E-state index contributed by atoms with van der Waals surface area (Å²) in [6.07, 6.45) is 3.22. The Balaban J connectivity index is 3.18. The van der Waals surface area contributed by atoms with Gasteiger partial charge in [-0.25, -0.2) is 15.0 Å². The van der Waals surface area contributed by atoms with E-state index in [4.69, 9.17) is 5.73 Å². The molecule has 1 amide bonds. The van der Waals surface area contributed by atoms with Crippen LogP contribution in [0.1, 0.15) is 10.5 Å². The minimum atomic E-state index is -0.593. The maximum Gasteiger partial charge on any atom is 0.267 e. The van der Waals surface area contributed by atoms with E-state index < -0.39 is 5.91 Å². The zero-order chi connectivity index (χ0) is 14.4. The van der Waals surface area contributed by atoms with E-state index >= 15 is 0 Å². The smallest absolute Gasteiger partial charge is 0.267 e. The van der Waals surface area contributed by atoms with Crippen molar-refractivity contribution < 1.29 is 4.79 Å². The lowest BCUT2D eigenvalue weighted by Gasteiger charge is -2.06. The molecule has 19 heavy (non-hydrogen) atoms. The molecule has 1 heterocycles. The van der Waals surface area contributed by atoms with Crippen molar-refractivity contribution in [3.05, 3.63) is 17.8 Å². The summed E-state index contributed by atoms with van der Waals surface area (Å²) in [5.74, 6) is -0.243. The van der Waals surface area contributed by atoms with Crippen LogP contribution in [0.2, 0.25) is 0 Å². The number of pyridine rings is 1. The van der Waals surface area contributed by atoms with E-state index in [1.165, 1.54) is 6.07 Å². The molecule has 7 nitrogen and oxygen atoms in total. The van der Waals surface area contributed by atoms with Gasteiger partial charge in [0.1, 0.15) is 11.4 Å². The van der Waals surface area contributed by atoms with Gasteiger partial charge in [-0.1, -0.05) is 0 Å². The van der Waals surface area contributed by atoms with E-state index in [0.717, 1.165) is 0 Å². The van der Waals surface area contributed by atoms with Crippen LogP contribution in [0.4, 0.5) is 11.5 Å². The van der Waals surface area contributed by atoms with E-state index in [1.807, 2.05) is 28.2 Å². The van der Waals surface area contributed by atoms with Crippen LogP contribution < -0.4 is 5.73 Å². The summed E-state index contributed by atoms with van der Waals surface area (Å²) in [4.78, 5) is 27.2. The van der Waals surface area contributed by atoms with E-state index in [-0.39, 0.29) is 5.69 Å². The van der Waals surface area contributed by atoms with Gasteiger partial charge in [0.2, 0.25) is 0 Å². The first-order chi connectivity index (χ1) is 8.90. The zero-order valence-electron chi connectivity index (χ0n) is 11.5. The Morgan fingerprint density at radius 1 is 1.16 bits per heavy atom. The van der Waals surface area contributed by atoms with Crippen LogP contribution in [0, 0.1) is 0 Å². The fourth-order valence-electron chi connectivity index (χ4n) is 1.12. The number of aliphatic imine (C=N–C) groups is 2. The third-order valence-electron chi connectivity index (χ3n) is 1.95. The second-order valence-electron chi connectivity index (χ2n) is 4.32. The zero-order valence-corrected chi connectivity index (χ0v) is 11.5. The number of primary amides is 1. The number of hydrogen-bond acceptors (Lipinski definition) is 4. The van der Waals surface area contributed by atoms with Crippen LogP contribution in [0.15, 0.2) is 22.1 Å². The van der Waals surface area contributed by atoms with Crippen LogP contribution in [0.5, 0.6) is 0 Å². The van der Waals surface area contributed by atoms with Crippen molar-refractivity contribution in [2.45, 2.75) is 0 Å². The van der Waals surface area contributed by atoms with Gasteiger partial charge in [0.15, 0.2) is 5.82 Å². The van der Waals surface area contributed by atoms with Crippen molar-refractivity contribution in [3.8, 4) is 0 Å². The molecule has 0 radical (unpaired) electrons. The lowest BCUT2D eigenvalue weighted by molar-refractivity contribution is 0.0995. The molecule has 0 bridgehead atoms. The molecule has 0 unspecified atom stereocenters. The van der Waals surface area contributed by atoms with E-state index in [1.54, 1.807) is 28.5 Å². The summed E-state index contributed by atoms with van der Waals surface area (Å²) in [5, 5.41) is 0. The van der Waals surface area contributed by atoms with E-state index in [0.29, 0.717) is 11.5 Å². The van der Waals surface area contributed by atoms with Crippen molar-refractivity contribution in [1.29, 1.82) is 0 Å². The molecule has 0 atom stereocenters. The molecule has 102 valence electrons. The Bertz CT molecular complexity index is 507. The van der Waals surface area contributed by atoms with E-state index in [9.17, 15) is 4.79 Å². The van der Waals surface area contributed by atoms with Gasteiger partial charge in [0.05, 0.1) is 12.7 Å². The maximum atomic E-state index is 11.1. The molecule has 0 saturated carbocycles. The summed E-state index contributed by atoms with van der Waals surface area (Å²) >= 11 is 0. The standard InChI is InChI=1S/C12H18N6O/c1-17(2)7-14-10-6-5-9(11(13)19)16-12(10)15-8-18(3)4/h5-8H,1-4H3,(H2,13,19)/b14-7+,15-8+. The molecule has 2 N–H and O–H groups in total. The third-order valence-corrected chi connectivity index (χ3v) is 1.95. The van der Waals surface area contributed by atoms with Gasteiger partial charge in [-0.2, -0.15) is 0 Å². The summed E-state index contributed by atoms with van der Waals surface area (Å²) < 4.78 is 0. The summed E-state index contributed by atoms with van der Waals surface area (Å²) in [6, 6.07) is 3.19. The van der Waals surface area contributed by atoms with Gasteiger partial charge in [-0.3, -0.25) is 4.79 Å². The summed E-state index contributed by atoms with van der Waals surface area (Å²) in [7, 11) is 7.39. The first kappa shape index (κ1) is 14.6. The molecule has 1 aromatic heterocycles. The van der Waals surface area contributed by atoms with Crippen molar-refractivity contribution in [2.24, 2.45) is 15.7 Å². The molecule has 0 aliphatic rings. The third kappa shape index (κ3) is 4.74. The molecule has 0 spiro atoms. The molecule has 0 fully saturated rings. The maximum absolute atomic E-state index is 11.1. The molecule has 0 aliphatic carbocycles. The van der Waals surface area contributed by atoms with Gasteiger partial charge in [0, 0.05) is 28.2 Å². The summed E-state index contributed by atoms with van der Waals surface area (Å²) in [5.41, 5.74) is 5.93. The topological polar surface area (TPSA) is 87.2 Å². The number of hydrogen-bond donors (Lipinski definition) is 1. The highest BCUT2D eigenvalue weighted by atomic mass is 16.1. The second-order valence-corrected chi connectivity index (χ2v) is 4.32. The number of amides is 1. The van der Waals surface area contributed by atoms with Crippen LogP contribution in [-0.4, -0.2) is 61.6 Å². The Labute approximate surface area is 112 Å². The number of nitrogens with zero attached hydrogens (tertiary/aromatic N) is 5. The number of rotatable bonds is 5. The SMILES string of the molecule is CN(C)/C=N/c1ccc(C(N)=O)nc1/N=C/N(C)C. The second kappa shape index (κ2) is 6.48. The molecular weight excluding hydrogens is 244 g/mol. The Hall–Kier alpha value is -2.44. The molecule has 0 aliphatic heterocycles. The Morgan fingerprint density at radius 2 is 1.74 bits per heavy atom. The van der Waals surface area contributed by atoms with Crippen molar-refractivity contribution in [1.82, 2.24) is 14.8 Å². The first-order valence-corrected chi connectivity index (χ1v) is 5.62. The normalized spacial score (nSPS) is 11.2. The largest absolute Gasteiger partial charge is 0.369 e. The van der Waals surface area contributed by atoms with Crippen molar-refractivity contribution in [2.75, 3.05) is 28.2 Å². The molecular formula is C12H18N6O. The molecule has 7 heteroatoms. The van der Waals surface area contributed by atoms with Crippen molar-refractivity contribution >= 4 is 30.1 Å². The molecule has 1 aromatic rings. The van der Waals surface area contributed by atoms with Gasteiger partial charge in [-0.05, 0) is 12.1 Å². The lowest BCUT2D eigenvalue weighted by atomic mass is 10.3. The van der Waals surface area contributed by atoms with E-state index in [2.05, 4.69) is 15.0 Å². The van der Waals surface area contributed by atoms with Gasteiger partial charge < -0.3 is 15.5 Å². The number of nitrogens with two attached hydrogens (primary N) is 1. The quantitative estimate of drug-likeness (QED) is 0.622. The number of aromatic nitrogens is 1. The first-order valence-electron chi connectivity index (χ1n) is 5.62. The highest BCUT2D eigenvalue weighted by molar-refractivity contribution is 5.92. The molecule has 0 aromatic carbocycles. The fourth-order valence-corrected chi connectivity index (χ4v) is 1.12.